The van der Waals surface area contributed by atoms with E-state index in [0.29, 0.717) is 12.1 Å². The monoisotopic (exact) mass is 233 g/mol. The number of hydrogen-bond donors (Lipinski definition) is 0. The van der Waals surface area contributed by atoms with Crippen LogP contribution in [0.25, 0.3) is 0 Å². The number of aldehydes is 1. The molecule has 17 heavy (non-hydrogen) atoms. The molecule has 1 aromatic carbocycles. The zero-order chi connectivity index (χ0) is 12.3. The quantitative estimate of drug-likeness (QED) is 0.743. The Morgan fingerprint density at radius 2 is 2.12 bits per heavy atom. The second kappa shape index (κ2) is 4.99. The van der Waals surface area contributed by atoms with Gasteiger partial charge in [0.25, 0.3) is 5.91 Å². The highest BCUT2D eigenvalue weighted by atomic mass is 16.5. The Morgan fingerprint density at radius 3 is 2.71 bits per heavy atom. The first kappa shape index (κ1) is 11.6. The Kier molecular flexibility index (Phi) is 3.42. The van der Waals surface area contributed by atoms with Crippen LogP contribution in [0.5, 0.6) is 5.75 Å². The van der Waals surface area contributed by atoms with Crippen molar-refractivity contribution in [1.29, 1.82) is 0 Å². The number of rotatable bonds is 3. The van der Waals surface area contributed by atoms with Gasteiger partial charge in [-0.3, -0.25) is 4.79 Å². The minimum absolute atomic E-state index is 0.0812. The largest absolute Gasteiger partial charge is 0.497 e. The van der Waals surface area contributed by atoms with Gasteiger partial charge in [0, 0.05) is 12.1 Å². The Hall–Kier alpha value is -1.84. The summed E-state index contributed by atoms with van der Waals surface area (Å²) in [5.41, 5.74) is 0.597. The predicted molar refractivity (Wildman–Crippen MR) is 63.1 cm³/mol. The molecule has 2 rings (SSSR count). The van der Waals surface area contributed by atoms with E-state index in [1.165, 1.54) is 0 Å². The average Bonchev–Trinajstić information content (AvgIpc) is 2.86. The van der Waals surface area contributed by atoms with E-state index in [2.05, 4.69) is 0 Å². The number of likely N-dealkylation sites (tertiary alicyclic amines) is 1. The molecular weight excluding hydrogens is 218 g/mol. The standard InChI is InChI=1S/C13H15NO3/c1-17-12-6-4-10(5-7-12)13(16)14-8-2-3-11(14)9-15/h4-7,9,11H,2-3,8H2,1H3. The first-order chi connectivity index (χ1) is 8.26. The summed E-state index contributed by atoms with van der Waals surface area (Å²) in [6.45, 7) is 0.661. The molecule has 1 amide bonds. The fourth-order valence-electron chi connectivity index (χ4n) is 2.09. The molecule has 4 nitrogen and oxygen atoms in total. The van der Waals surface area contributed by atoms with Gasteiger partial charge in [0.05, 0.1) is 13.2 Å². The molecule has 0 bridgehead atoms. The van der Waals surface area contributed by atoms with Gasteiger partial charge in [-0.15, -0.1) is 0 Å². The minimum Gasteiger partial charge on any atom is -0.497 e. The number of hydrogen-bond acceptors (Lipinski definition) is 3. The molecule has 0 N–H and O–H groups in total. The number of carbonyl (C=O) groups is 2. The number of amides is 1. The predicted octanol–water partition coefficient (Wildman–Crippen LogP) is 1.50. The highest BCUT2D eigenvalue weighted by Gasteiger charge is 2.28. The van der Waals surface area contributed by atoms with Crippen molar-refractivity contribution < 1.29 is 14.3 Å². The molecule has 1 aromatic rings. The number of carbonyl (C=O) groups excluding carboxylic acids is 2. The Bertz CT molecular complexity index is 413. The van der Waals surface area contributed by atoms with E-state index in [0.717, 1.165) is 24.9 Å². The first-order valence-electron chi connectivity index (χ1n) is 5.66. The van der Waals surface area contributed by atoms with Crippen LogP contribution >= 0.6 is 0 Å². The summed E-state index contributed by atoms with van der Waals surface area (Å²) >= 11 is 0. The van der Waals surface area contributed by atoms with Gasteiger partial charge in [0.15, 0.2) is 0 Å². The van der Waals surface area contributed by atoms with E-state index in [-0.39, 0.29) is 11.9 Å². The van der Waals surface area contributed by atoms with E-state index in [9.17, 15) is 9.59 Å². The molecule has 0 radical (unpaired) electrons. The first-order valence-corrected chi connectivity index (χ1v) is 5.66. The van der Waals surface area contributed by atoms with Gasteiger partial charge in [0.2, 0.25) is 0 Å². The van der Waals surface area contributed by atoms with Crippen molar-refractivity contribution in [2.45, 2.75) is 18.9 Å². The molecule has 1 atom stereocenters. The molecule has 0 spiro atoms. The van der Waals surface area contributed by atoms with E-state index >= 15 is 0 Å². The third-order valence-corrected chi connectivity index (χ3v) is 3.05. The fraction of sp³-hybridized carbons (Fsp3) is 0.385. The van der Waals surface area contributed by atoms with Gasteiger partial charge in [-0.25, -0.2) is 0 Å². The molecule has 1 saturated heterocycles. The number of methoxy groups -OCH3 is 1. The summed E-state index contributed by atoms with van der Waals surface area (Å²) in [6, 6.07) is 6.69. The van der Waals surface area contributed by atoms with E-state index in [4.69, 9.17) is 4.74 Å². The lowest BCUT2D eigenvalue weighted by molar-refractivity contribution is -0.111. The van der Waals surface area contributed by atoms with Crippen molar-refractivity contribution in [1.82, 2.24) is 4.90 Å². The molecule has 0 aliphatic carbocycles. The maximum atomic E-state index is 12.1. The van der Waals surface area contributed by atoms with Crippen molar-refractivity contribution in [2.75, 3.05) is 13.7 Å². The van der Waals surface area contributed by atoms with E-state index in [1.54, 1.807) is 36.3 Å². The zero-order valence-corrected chi connectivity index (χ0v) is 9.76. The minimum atomic E-state index is -0.260. The maximum absolute atomic E-state index is 12.1. The molecular formula is C13H15NO3. The van der Waals surface area contributed by atoms with E-state index < -0.39 is 0 Å². The summed E-state index contributed by atoms with van der Waals surface area (Å²) in [4.78, 5) is 24.6. The second-order valence-corrected chi connectivity index (χ2v) is 4.07. The summed E-state index contributed by atoms with van der Waals surface area (Å²) < 4.78 is 5.04. The average molecular weight is 233 g/mol. The highest BCUT2D eigenvalue weighted by molar-refractivity contribution is 5.96. The SMILES string of the molecule is COc1ccc(C(=O)N2CCCC2C=O)cc1. The van der Waals surface area contributed by atoms with Crippen LogP contribution in [-0.2, 0) is 4.79 Å². The third kappa shape index (κ3) is 2.30. The van der Waals surface area contributed by atoms with Crippen LogP contribution in [0, 0.1) is 0 Å². The molecule has 1 aliphatic rings. The molecule has 1 aliphatic heterocycles. The number of benzene rings is 1. The van der Waals surface area contributed by atoms with Crippen LogP contribution in [-0.4, -0.2) is 36.8 Å². The van der Waals surface area contributed by atoms with Crippen LogP contribution in [0.3, 0.4) is 0 Å². The maximum Gasteiger partial charge on any atom is 0.254 e. The van der Waals surface area contributed by atoms with Gasteiger partial charge in [-0.1, -0.05) is 0 Å². The van der Waals surface area contributed by atoms with Gasteiger partial charge < -0.3 is 14.4 Å². The summed E-state index contributed by atoms with van der Waals surface area (Å²) in [6.07, 6.45) is 2.52. The molecule has 90 valence electrons. The van der Waals surface area contributed by atoms with Crippen LogP contribution in [0.2, 0.25) is 0 Å². The lowest BCUT2D eigenvalue weighted by Crippen LogP contribution is -2.36. The topological polar surface area (TPSA) is 46.6 Å². The Balaban J connectivity index is 2.15. The summed E-state index contributed by atoms with van der Waals surface area (Å²) in [5.74, 6) is 0.636. The molecule has 0 aromatic heterocycles. The van der Waals surface area contributed by atoms with Crippen LogP contribution in [0.1, 0.15) is 23.2 Å². The fourth-order valence-corrected chi connectivity index (χ4v) is 2.09. The number of ether oxygens (including phenoxy) is 1. The van der Waals surface area contributed by atoms with Gasteiger partial charge in [0.1, 0.15) is 12.0 Å². The third-order valence-electron chi connectivity index (χ3n) is 3.05. The lowest BCUT2D eigenvalue weighted by Gasteiger charge is -2.20. The van der Waals surface area contributed by atoms with E-state index in [1.807, 2.05) is 0 Å². The van der Waals surface area contributed by atoms with Crippen molar-refractivity contribution in [2.24, 2.45) is 0 Å². The summed E-state index contributed by atoms with van der Waals surface area (Å²) in [7, 11) is 1.58. The molecule has 1 heterocycles. The second-order valence-electron chi connectivity index (χ2n) is 4.07. The molecule has 1 unspecified atom stereocenters. The van der Waals surface area contributed by atoms with Crippen LogP contribution in [0.4, 0.5) is 0 Å². The van der Waals surface area contributed by atoms with Gasteiger partial charge >= 0.3 is 0 Å². The van der Waals surface area contributed by atoms with Crippen molar-refractivity contribution >= 4 is 12.2 Å². The molecule has 1 fully saturated rings. The smallest absolute Gasteiger partial charge is 0.254 e. The van der Waals surface area contributed by atoms with Crippen molar-refractivity contribution in [3.8, 4) is 5.75 Å². The zero-order valence-electron chi connectivity index (χ0n) is 9.76. The number of nitrogens with zero attached hydrogens (tertiary/aromatic N) is 1. The summed E-state index contributed by atoms with van der Waals surface area (Å²) in [5, 5.41) is 0. The van der Waals surface area contributed by atoms with Crippen LogP contribution < -0.4 is 4.74 Å². The van der Waals surface area contributed by atoms with Gasteiger partial charge in [-0.2, -0.15) is 0 Å². The molecule has 0 saturated carbocycles. The lowest BCUT2D eigenvalue weighted by atomic mass is 10.1. The van der Waals surface area contributed by atoms with Gasteiger partial charge in [-0.05, 0) is 37.1 Å². The van der Waals surface area contributed by atoms with Crippen molar-refractivity contribution in [3.63, 3.8) is 0 Å². The highest BCUT2D eigenvalue weighted by Crippen LogP contribution is 2.20. The molecule has 4 heteroatoms. The van der Waals surface area contributed by atoms with Crippen LogP contribution in [0.15, 0.2) is 24.3 Å². The van der Waals surface area contributed by atoms with Crippen molar-refractivity contribution in [3.05, 3.63) is 29.8 Å². The normalized spacial score (nSPS) is 19.1. The Morgan fingerprint density at radius 1 is 1.41 bits per heavy atom. The Labute approximate surface area is 100 Å².